The molecule has 0 aliphatic heterocycles. The minimum Gasteiger partial charge on any atom is -0.444 e. The molecule has 29 heavy (non-hydrogen) atoms. The summed E-state index contributed by atoms with van der Waals surface area (Å²) in [6.07, 6.45) is 1.80. The van der Waals surface area contributed by atoms with Gasteiger partial charge in [-0.3, -0.25) is 4.99 Å². The Morgan fingerprint density at radius 2 is 1.76 bits per heavy atom. The molecular weight excluding hydrogens is 489 g/mol. The van der Waals surface area contributed by atoms with E-state index in [9.17, 15) is 8.78 Å². The quantitative estimate of drug-likeness (QED) is 0.291. The van der Waals surface area contributed by atoms with Crippen LogP contribution >= 0.6 is 24.0 Å². The lowest BCUT2D eigenvalue weighted by Crippen LogP contribution is -2.38. The number of hydrogen-bond acceptors (Lipinski definition) is 3. The molecule has 5 nitrogen and oxygen atoms in total. The minimum atomic E-state index is -0.545. The number of nitrogens with one attached hydrogen (secondary N) is 2. The number of aromatic nitrogens is 1. The fourth-order valence-electron chi connectivity index (χ4n) is 2.69. The Morgan fingerprint density at radius 3 is 2.41 bits per heavy atom. The van der Waals surface area contributed by atoms with E-state index in [1.165, 1.54) is 23.8 Å². The van der Waals surface area contributed by atoms with E-state index in [0.717, 1.165) is 11.3 Å². The molecule has 8 heteroatoms. The van der Waals surface area contributed by atoms with E-state index in [4.69, 9.17) is 4.42 Å². The monoisotopic (exact) mass is 512 g/mol. The lowest BCUT2D eigenvalue weighted by molar-refractivity contribution is 0.553. The second kappa shape index (κ2) is 10.9. The molecule has 0 spiro atoms. The van der Waals surface area contributed by atoms with Crippen molar-refractivity contribution in [2.24, 2.45) is 4.99 Å². The average molecular weight is 512 g/mol. The van der Waals surface area contributed by atoms with Crippen molar-refractivity contribution in [3.05, 3.63) is 77.2 Å². The summed E-state index contributed by atoms with van der Waals surface area (Å²) in [5, 5.41) is 6.14. The first-order valence-corrected chi connectivity index (χ1v) is 8.95. The molecule has 0 radical (unpaired) electrons. The Bertz CT molecular complexity index is 937. The van der Waals surface area contributed by atoms with Gasteiger partial charge in [-0.1, -0.05) is 23.8 Å². The molecule has 0 atom stereocenters. The SMILES string of the molecule is CN=C(NCCc1c(F)cccc1F)NCc1coc(-c2ccc(C)cc2)n1.I. The van der Waals surface area contributed by atoms with Crippen LogP contribution in [0.2, 0.25) is 0 Å². The lowest BCUT2D eigenvalue weighted by Gasteiger charge is -2.11. The first-order chi connectivity index (χ1) is 13.6. The van der Waals surface area contributed by atoms with E-state index in [2.05, 4.69) is 20.6 Å². The molecule has 2 N–H and O–H groups in total. The maximum Gasteiger partial charge on any atom is 0.226 e. The van der Waals surface area contributed by atoms with Crippen LogP contribution in [0.4, 0.5) is 8.78 Å². The fraction of sp³-hybridized carbons (Fsp3) is 0.238. The number of guanidine groups is 1. The van der Waals surface area contributed by atoms with Crippen LogP contribution in [-0.4, -0.2) is 24.5 Å². The normalized spacial score (nSPS) is 11.1. The zero-order valence-corrected chi connectivity index (χ0v) is 18.5. The van der Waals surface area contributed by atoms with Crippen LogP contribution in [-0.2, 0) is 13.0 Å². The summed E-state index contributed by atoms with van der Waals surface area (Å²) in [5.41, 5.74) is 2.86. The minimum absolute atomic E-state index is 0. The molecule has 0 aliphatic rings. The lowest BCUT2D eigenvalue weighted by atomic mass is 10.1. The van der Waals surface area contributed by atoms with Crippen LogP contribution in [0.25, 0.3) is 11.5 Å². The van der Waals surface area contributed by atoms with Crippen LogP contribution in [0, 0.1) is 18.6 Å². The van der Waals surface area contributed by atoms with E-state index in [1.54, 1.807) is 13.3 Å². The molecule has 0 amide bonds. The topological polar surface area (TPSA) is 62.5 Å². The van der Waals surface area contributed by atoms with Crippen molar-refractivity contribution >= 4 is 29.9 Å². The van der Waals surface area contributed by atoms with Gasteiger partial charge in [-0.2, -0.15) is 0 Å². The molecule has 1 heterocycles. The highest BCUT2D eigenvalue weighted by Gasteiger charge is 2.09. The van der Waals surface area contributed by atoms with E-state index in [1.807, 2.05) is 31.2 Å². The Kier molecular flexibility index (Phi) is 8.56. The first kappa shape index (κ1) is 22.8. The highest BCUT2D eigenvalue weighted by atomic mass is 127. The van der Waals surface area contributed by atoms with Gasteiger partial charge in [0, 0.05) is 24.7 Å². The number of aliphatic imine (C=N–C) groups is 1. The van der Waals surface area contributed by atoms with Crippen molar-refractivity contribution in [2.45, 2.75) is 19.9 Å². The zero-order chi connectivity index (χ0) is 19.9. The van der Waals surface area contributed by atoms with Gasteiger partial charge in [-0.25, -0.2) is 13.8 Å². The highest BCUT2D eigenvalue weighted by Crippen LogP contribution is 2.19. The number of aryl methyl sites for hydroxylation is 1. The van der Waals surface area contributed by atoms with Crippen LogP contribution in [0.15, 0.2) is 58.1 Å². The highest BCUT2D eigenvalue weighted by molar-refractivity contribution is 14.0. The second-order valence-electron chi connectivity index (χ2n) is 6.31. The zero-order valence-electron chi connectivity index (χ0n) is 16.2. The molecule has 3 rings (SSSR count). The Labute approximate surface area is 185 Å². The van der Waals surface area contributed by atoms with Gasteiger partial charge in [0.2, 0.25) is 5.89 Å². The number of oxazole rings is 1. The van der Waals surface area contributed by atoms with Gasteiger partial charge in [0.1, 0.15) is 17.9 Å². The van der Waals surface area contributed by atoms with Gasteiger partial charge < -0.3 is 15.1 Å². The molecule has 1 aromatic heterocycles. The maximum absolute atomic E-state index is 13.7. The van der Waals surface area contributed by atoms with E-state index in [0.29, 0.717) is 24.9 Å². The number of benzene rings is 2. The van der Waals surface area contributed by atoms with Crippen molar-refractivity contribution in [1.29, 1.82) is 0 Å². The molecule has 2 aromatic carbocycles. The van der Waals surface area contributed by atoms with Crippen molar-refractivity contribution in [3.8, 4) is 11.5 Å². The Morgan fingerprint density at radius 1 is 1.07 bits per heavy atom. The van der Waals surface area contributed by atoms with Crippen LogP contribution in [0.5, 0.6) is 0 Å². The molecule has 154 valence electrons. The Balaban J connectivity index is 0.00000300. The molecule has 0 fully saturated rings. The fourth-order valence-corrected chi connectivity index (χ4v) is 2.69. The van der Waals surface area contributed by atoms with Crippen molar-refractivity contribution in [2.75, 3.05) is 13.6 Å². The molecule has 0 bridgehead atoms. The number of halogens is 3. The van der Waals surface area contributed by atoms with E-state index in [-0.39, 0.29) is 36.0 Å². The molecule has 0 unspecified atom stereocenters. The predicted molar refractivity (Wildman–Crippen MR) is 120 cm³/mol. The van der Waals surface area contributed by atoms with Crippen molar-refractivity contribution in [3.63, 3.8) is 0 Å². The third-order valence-electron chi connectivity index (χ3n) is 4.24. The summed E-state index contributed by atoms with van der Waals surface area (Å²) >= 11 is 0. The van der Waals surface area contributed by atoms with E-state index >= 15 is 0 Å². The summed E-state index contributed by atoms with van der Waals surface area (Å²) in [5.74, 6) is -0.0293. The van der Waals surface area contributed by atoms with E-state index < -0.39 is 11.6 Å². The number of rotatable bonds is 6. The van der Waals surface area contributed by atoms with Gasteiger partial charge in [0.15, 0.2) is 5.96 Å². The van der Waals surface area contributed by atoms with Gasteiger partial charge in [-0.15, -0.1) is 24.0 Å². The van der Waals surface area contributed by atoms with Gasteiger partial charge in [0.25, 0.3) is 0 Å². The van der Waals surface area contributed by atoms with Crippen LogP contribution < -0.4 is 10.6 Å². The van der Waals surface area contributed by atoms with Crippen molar-refractivity contribution < 1.29 is 13.2 Å². The van der Waals surface area contributed by atoms with Gasteiger partial charge >= 0.3 is 0 Å². The second-order valence-corrected chi connectivity index (χ2v) is 6.31. The smallest absolute Gasteiger partial charge is 0.226 e. The molecule has 0 aliphatic carbocycles. The maximum atomic E-state index is 13.7. The van der Waals surface area contributed by atoms with Crippen LogP contribution in [0.3, 0.4) is 0 Å². The molecule has 0 saturated heterocycles. The average Bonchev–Trinajstić information content (AvgIpc) is 3.16. The number of nitrogens with zero attached hydrogens (tertiary/aromatic N) is 2. The first-order valence-electron chi connectivity index (χ1n) is 8.95. The third-order valence-corrected chi connectivity index (χ3v) is 4.24. The Hall–Kier alpha value is -2.49. The van der Waals surface area contributed by atoms with Crippen LogP contribution in [0.1, 0.15) is 16.8 Å². The number of hydrogen-bond donors (Lipinski definition) is 2. The summed E-state index contributed by atoms with van der Waals surface area (Å²) in [4.78, 5) is 8.56. The third kappa shape index (κ3) is 6.25. The summed E-state index contributed by atoms with van der Waals surface area (Å²) in [6, 6.07) is 11.8. The summed E-state index contributed by atoms with van der Waals surface area (Å²) < 4.78 is 32.8. The molecule has 0 saturated carbocycles. The predicted octanol–water partition coefficient (Wildman–Crippen LogP) is 4.45. The van der Waals surface area contributed by atoms with Crippen molar-refractivity contribution in [1.82, 2.24) is 15.6 Å². The largest absolute Gasteiger partial charge is 0.444 e. The van der Waals surface area contributed by atoms with Gasteiger partial charge in [0.05, 0.1) is 12.2 Å². The standard InChI is InChI=1S/C21H22F2N4O.HI/c1-14-6-8-15(9-7-14)20-27-16(13-28-20)12-26-21(24-2)25-11-10-17-18(22)4-3-5-19(17)23;/h3-9,13H,10-12H2,1-2H3,(H2,24,25,26);1H. The summed E-state index contributed by atoms with van der Waals surface area (Å²) in [7, 11) is 1.62. The molecule has 3 aromatic rings. The molecular formula is C21H23F2IN4O. The summed E-state index contributed by atoms with van der Waals surface area (Å²) in [6.45, 7) is 2.77. The van der Waals surface area contributed by atoms with Gasteiger partial charge in [-0.05, 0) is 37.6 Å².